The molecule has 0 amide bonds. The molecule has 0 saturated heterocycles. The quantitative estimate of drug-likeness (QED) is 0.753. The Morgan fingerprint density at radius 3 is 2.79 bits per heavy atom. The summed E-state index contributed by atoms with van der Waals surface area (Å²) in [7, 11) is 1.69. The van der Waals surface area contributed by atoms with Crippen molar-refractivity contribution in [2.75, 3.05) is 24.7 Å². The van der Waals surface area contributed by atoms with Gasteiger partial charge in [0.2, 0.25) is 0 Å². The third-order valence-electron chi connectivity index (χ3n) is 2.36. The van der Waals surface area contributed by atoms with E-state index in [1.165, 1.54) is 0 Å². The van der Waals surface area contributed by atoms with Crippen molar-refractivity contribution in [1.82, 2.24) is 9.97 Å². The van der Waals surface area contributed by atoms with E-state index < -0.39 is 0 Å². The third-order valence-corrected chi connectivity index (χ3v) is 3.72. The van der Waals surface area contributed by atoms with Gasteiger partial charge in [-0.1, -0.05) is 20.8 Å². The summed E-state index contributed by atoms with van der Waals surface area (Å²) in [4.78, 5) is 9.08. The zero-order chi connectivity index (χ0) is 14.1. The lowest BCUT2D eigenvalue weighted by atomic mass is 10.3. The Hall–Kier alpha value is -0.810. The van der Waals surface area contributed by atoms with Gasteiger partial charge < -0.3 is 10.1 Å². The Kier molecular flexibility index (Phi) is 7.82. The molecule has 108 valence electrons. The van der Waals surface area contributed by atoms with Gasteiger partial charge in [0.1, 0.15) is 11.6 Å². The zero-order valence-corrected chi connectivity index (χ0v) is 13.2. The molecule has 0 bridgehead atoms. The van der Waals surface area contributed by atoms with Crippen molar-refractivity contribution in [3.05, 3.63) is 17.6 Å². The van der Waals surface area contributed by atoms with E-state index in [2.05, 4.69) is 36.1 Å². The maximum atomic E-state index is 5.16. The van der Waals surface area contributed by atoms with Gasteiger partial charge in [-0.2, -0.15) is 11.8 Å². The van der Waals surface area contributed by atoms with Gasteiger partial charge >= 0.3 is 0 Å². The summed E-state index contributed by atoms with van der Waals surface area (Å²) < 4.78 is 5.16. The van der Waals surface area contributed by atoms with E-state index in [4.69, 9.17) is 4.74 Å². The van der Waals surface area contributed by atoms with E-state index >= 15 is 0 Å². The lowest BCUT2D eigenvalue weighted by Gasteiger charge is -2.09. The molecule has 5 heteroatoms. The number of methoxy groups -OCH3 is 1. The number of anilines is 1. The number of hydrogen-bond donors (Lipinski definition) is 1. The van der Waals surface area contributed by atoms with Gasteiger partial charge in [-0.25, -0.2) is 9.97 Å². The van der Waals surface area contributed by atoms with Gasteiger partial charge in [0.15, 0.2) is 0 Å². The van der Waals surface area contributed by atoms with Crippen molar-refractivity contribution in [3.63, 3.8) is 0 Å². The smallest absolute Gasteiger partial charge is 0.140 e. The van der Waals surface area contributed by atoms with Crippen LogP contribution in [0.2, 0.25) is 0 Å². The van der Waals surface area contributed by atoms with Gasteiger partial charge in [-0.05, 0) is 18.1 Å². The molecular weight excluding hydrogens is 258 g/mol. The first kappa shape index (κ1) is 16.2. The summed E-state index contributed by atoms with van der Waals surface area (Å²) in [6.07, 6.45) is 1.08. The van der Waals surface area contributed by atoms with Crippen molar-refractivity contribution in [2.24, 2.45) is 5.92 Å². The number of nitrogens with one attached hydrogen (secondary N) is 1. The third kappa shape index (κ3) is 6.78. The number of hydrogen-bond acceptors (Lipinski definition) is 5. The monoisotopic (exact) mass is 283 g/mol. The Morgan fingerprint density at radius 2 is 2.16 bits per heavy atom. The first-order chi connectivity index (χ1) is 9.15. The molecule has 0 unspecified atom stereocenters. The minimum Gasteiger partial charge on any atom is -0.378 e. The number of aromatic nitrogens is 2. The van der Waals surface area contributed by atoms with Crippen LogP contribution in [0.4, 0.5) is 5.82 Å². The van der Waals surface area contributed by atoms with Gasteiger partial charge in [0, 0.05) is 19.7 Å². The first-order valence-corrected chi connectivity index (χ1v) is 7.98. The number of ether oxygens (including phenoxy) is 1. The topological polar surface area (TPSA) is 47.0 Å². The fraction of sp³-hybridized carbons (Fsp3) is 0.714. The fourth-order valence-electron chi connectivity index (χ4n) is 1.57. The van der Waals surface area contributed by atoms with E-state index in [9.17, 15) is 0 Å². The number of nitrogens with zero attached hydrogens (tertiary/aromatic N) is 2. The number of rotatable bonds is 9. The second-order valence-corrected chi connectivity index (χ2v) is 5.96. The SMILES string of the molecule is CCCNc1cc(COC)nc(CSCC(C)C)n1. The Morgan fingerprint density at radius 1 is 1.37 bits per heavy atom. The molecular formula is C14H25N3OS. The summed E-state index contributed by atoms with van der Waals surface area (Å²) in [5, 5.41) is 3.32. The Bertz CT molecular complexity index is 372. The Balaban J connectivity index is 2.68. The normalized spacial score (nSPS) is 11.0. The van der Waals surface area contributed by atoms with Crippen molar-refractivity contribution in [3.8, 4) is 0 Å². The van der Waals surface area contributed by atoms with Crippen LogP contribution in [-0.4, -0.2) is 29.4 Å². The second kappa shape index (κ2) is 9.15. The Labute approximate surface area is 120 Å². The van der Waals surface area contributed by atoms with E-state index in [1.54, 1.807) is 7.11 Å². The highest BCUT2D eigenvalue weighted by Crippen LogP contribution is 2.15. The van der Waals surface area contributed by atoms with Crippen LogP contribution in [0.15, 0.2) is 6.07 Å². The second-order valence-electron chi connectivity index (χ2n) is 4.93. The van der Waals surface area contributed by atoms with Crippen LogP contribution in [0.25, 0.3) is 0 Å². The summed E-state index contributed by atoms with van der Waals surface area (Å²) in [6, 6.07) is 1.97. The molecule has 0 aliphatic rings. The lowest BCUT2D eigenvalue weighted by Crippen LogP contribution is -2.07. The minimum atomic E-state index is 0.533. The van der Waals surface area contributed by atoms with Crippen LogP contribution in [0.1, 0.15) is 38.7 Å². The van der Waals surface area contributed by atoms with Crippen LogP contribution in [-0.2, 0) is 17.1 Å². The average molecular weight is 283 g/mol. The molecule has 4 nitrogen and oxygen atoms in total. The summed E-state index contributed by atoms with van der Waals surface area (Å²) in [5.74, 6) is 4.49. The lowest BCUT2D eigenvalue weighted by molar-refractivity contribution is 0.181. The molecule has 0 aliphatic heterocycles. The largest absolute Gasteiger partial charge is 0.378 e. The fourth-order valence-corrected chi connectivity index (χ4v) is 2.47. The van der Waals surface area contributed by atoms with Crippen LogP contribution in [0, 0.1) is 5.92 Å². The molecule has 19 heavy (non-hydrogen) atoms. The maximum absolute atomic E-state index is 5.16. The molecule has 0 fully saturated rings. The van der Waals surface area contributed by atoms with Gasteiger partial charge in [0.25, 0.3) is 0 Å². The van der Waals surface area contributed by atoms with E-state index in [-0.39, 0.29) is 0 Å². The molecule has 0 atom stereocenters. The highest BCUT2D eigenvalue weighted by molar-refractivity contribution is 7.98. The average Bonchev–Trinajstić information content (AvgIpc) is 2.36. The molecule has 1 heterocycles. The van der Waals surface area contributed by atoms with Crippen molar-refractivity contribution < 1.29 is 4.74 Å². The predicted octanol–water partition coefficient (Wildman–Crippen LogP) is 3.33. The predicted molar refractivity (Wildman–Crippen MR) is 82.5 cm³/mol. The maximum Gasteiger partial charge on any atom is 0.140 e. The van der Waals surface area contributed by atoms with E-state index in [0.29, 0.717) is 12.5 Å². The number of thioether (sulfide) groups is 1. The van der Waals surface area contributed by atoms with E-state index in [1.807, 2.05) is 17.8 Å². The summed E-state index contributed by atoms with van der Waals surface area (Å²) in [5.41, 5.74) is 0.941. The zero-order valence-electron chi connectivity index (χ0n) is 12.4. The standard InChI is InChI=1S/C14H25N3OS/c1-5-6-15-13-7-12(8-18-4)16-14(17-13)10-19-9-11(2)3/h7,11H,5-6,8-10H2,1-4H3,(H,15,16,17). The molecule has 0 radical (unpaired) electrons. The van der Waals surface area contributed by atoms with Crippen LogP contribution in [0.5, 0.6) is 0 Å². The molecule has 1 N–H and O–H groups in total. The van der Waals surface area contributed by atoms with Crippen LogP contribution in [0.3, 0.4) is 0 Å². The minimum absolute atomic E-state index is 0.533. The first-order valence-electron chi connectivity index (χ1n) is 6.83. The van der Waals surface area contributed by atoms with Gasteiger partial charge in [-0.3, -0.25) is 0 Å². The molecule has 1 rings (SSSR count). The molecule has 1 aromatic rings. The highest BCUT2D eigenvalue weighted by Gasteiger charge is 2.05. The van der Waals surface area contributed by atoms with Crippen molar-refractivity contribution in [1.29, 1.82) is 0 Å². The van der Waals surface area contributed by atoms with Gasteiger partial charge in [-0.15, -0.1) is 0 Å². The van der Waals surface area contributed by atoms with Crippen molar-refractivity contribution in [2.45, 2.75) is 39.6 Å². The molecule has 1 aromatic heterocycles. The molecule has 0 aliphatic carbocycles. The van der Waals surface area contributed by atoms with Gasteiger partial charge in [0.05, 0.1) is 18.1 Å². The molecule has 0 aromatic carbocycles. The highest BCUT2D eigenvalue weighted by atomic mass is 32.2. The van der Waals surface area contributed by atoms with Crippen LogP contribution >= 0.6 is 11.8 Å². The van der Waals surface area contributed by atoms with Crippen LogP contribution < -0.4 is 5.32 Å². The summed E-state index contributed by atoms with van der Waals surface area (Å²) in [6.45, 7) is 8.06. The molecule has 0 saturated carbocycles. The molecule has 0 spiro atoms. The van der Waals surface area contributed by atoms with E-state index in [0.717, 1.165) is 41.8 Å². The van der Waals surface area contributed by atoms with Crippen molar-refractivity contribution >= 4 is 17.6 Å². The summed E-state index contributed by atoms with van der Waals surface area (Å²) >= 11 is 1.88.